The van der Waals surface area contributed by atoms with E-state index in [-0.39, 0.29) is 35.6 Å². The quantitative estimate of drug-likeness (QED) is 0.715. The Labute approximate surface area is 167 Å². The maximum absolute atomic E-state index is 13.1. The molecule has 0 aliphatic carbocycles. The number of benzene rings is 1. The summed E-state index contributed by atoms with van der Waals surface area (Å²) in [6.07, 6.45) is 1.25. The van der Waals surface area contributed by atoms with Gasteiger partial charge < -0.3 is 19.8 Å². The van der Waals surface area contributed by atoms with Crippen molar-refractivity contribution in [3.05, 3.63) is 53.3 Å². The number of hydrogen-bond donors (Lipinski definition) is 2. The SMILES string of the molecule is C[C@@H](O)c1ncccc1C(=O)N1CCSC[C@H]1COc1cccc(O)c1C=O. The van der Waals surface area contributed by atoms with E-state index in [0.29, 0.717) is 29.8 Å². The van der Waals surface area contributed by atoms with E-state index in [2.05, 4.69) is 4.98 Å². The van der Waals surface area contributed by atoms with E-state index in [4.69, 9.17) is 4.74 Å². The summed E-state index contributed by atoms with van der Waals surface area (Å²) in [5.74, 6) is 1.42. The second-order valence-electron chi connectivity index (χ2n) is 6.46. The van der Waals surface area contributed by atoms with Gasteiger partial charge in [-0.15, -0.1) is 0 Å². The molecular weight excluding hydrogens is 380 g/mol. The lowest BCUT2D eigenvalue weighted by Gasteiger charge is -2.35. The average Bonchev–Trinajstić information content (AvgIpc) is 2.72. The minimum atomic E-state index is -0.851. The highest BCUT2D eigenvalue weighted by Crippen LogP contribution is 2.27. The predicted molar refractivity (Wildman–Crippen MR) is 106 cm³/mol. The fourth-order valence-electron chi connectivity index (χ4n) is 3.11. The molecule has 7 nitrogen and oxygen atoms in total. The molecule has 2 atom stereocenters. The summed E-state index contributed by atoms with van der Waals surface area (Å²) in [7, 11) is 0. The van der Waals surface area contributed by atoms with Gasteiger partial charge in [0.2, 0.25) is 0 Å². The molecule has 2 N–H and O–H groups in total. The lowest BCUT2D eigenvalue weighted by Crippen LogP contribution is -2.49. The van der Waals surface area contributed by atoms with Crippen molar-refractivity contribution in [1.29, 1.82) is 0 Å². The van der Waals surface area contributed by atoms with Crippen LogP contribution < -0.4 is 4.74 Å². The summed E-state index contributed by atoms with van der Waals surface area (Å²) in [5.41, 5.74) is 0.814. The highest BCUT2D eigenvalue weighted by atomic mass is 32.2. The number of aromatic hydroxyl groups is 1. The number of hydrogen-bond acceptors (Lipinski definition) is 7. The van der Waals surface area contributed by atoms with E-state index < -0.39 is 6.10 Å². The molecule has 148 valence electrons. The molecule has 8 heteroatoms. The van der Waals surface area contributed by atoms with Gasteiger partial charge in [0.05, 0.1) is 29.0 Å². The summed E-state index contributed by atoms with van der Waals surface area (Å²) in [6.45, 7) is 2.31. The van der Waals surface area contributed by atoms with Crippen LogP contribution >= 0.6 is 11.8 Å². The summed E-state index contributed by atoms with van der Waals surface area (Å²) < 4.78 is 5.78. The highest BCUT2D eigenvalue weighted by Gasteiger charge is 2.30. The molecule has 0 spiro atoms. The van der Waals surface area contributed by atoms with Gasteiger partial charge in [0.15, 0.2) is 6.29 Å². The number of phenols is 1. The van der Waals surface area contributed by atoms with E-state index in [1.165, 1.54) is 6.07 Å². The number of aliphatic hydroxyl groups is 1. The second-order valence-corrected chi connectivity index (χ2v) is 7.61. The van der Waals surface area contributed by atoms with E-state index >= 15 is 0 Å². The third-order valence-corrected chi connectivity index (χ3v) is 5.64. The summed E-state index contributed by atoms with van der Waals surface area (Å²) in [6, 6.07) is 7.75. The lowest BCUT2D eigenvalue weighted by molar-refractivity contribution is 0.0640. The number of thioether (sulfide) groups is 1. The van der Waals surface area contributed by atoms with Crippen molar-refractivity contribution in [1.82, 2.24) is 9.88 Å². The van der Waals surface area contributed by atoms with Crippen LogP contribution in [-0.4, -0.2) is 63.0 Å². The Morgan fingerprint density at radius 2 is 2.25 bits per heavy atom. The van der Waals surface area contributed by atoms with Crippen LogP contribution in [0.1, 0.15) is 39.4 Å². The van der Waals surface area contributed by atoms with Crippen molar-refractivity contribution in [2.75, 3.05) is 24.7 Å². The van der Waals surface area contributed by atoms with E-state index in [0.717, 1.165) is 5.75 Å². The number of phenolic OH excluding ortho intramolecular Hbond substituents is 1. The minimum Gasteiger partial charge on any atom is -0.507 e. The van der Waals surface area contributed by atoms with E-state index in [1.54, 1.807) is 54.0 Å². The van der Waals surface area contributed by atoms with Gasteiger partial charge in [-0.3, -0.25) is 14.6 Å². The first-order valence-corrected chi connectivity index (χ1v) is 10.1. The van der Waals surface area contributed by atoms with E-state index in [9.17, 15) is 19.8 Å². The molecule has 2 aromatic rings. The number of ether oxygens (including phenoxy) is 1. The van der Waals surface area contributed by atoms with Crippen LogP contribution in [0, 0.1) is 0 Å². The number of carbonyl (C=O) groups excluding carboxylic acids is 2. The number of rotatable bonds is 6. The van der Waals surface area contributed by atoms with Crippen molar-refractivity contribution < 1.29 is 24.5 Å². The van der Waals surface area contributed by atoms with Gasteiger partial charge in [-0.25, -0.2) is 0 Å². The zero-order chi connectivity index (χ0) is 20.1. The lowest BCUT2D eigenvalue weighted by atomic mass is 10.1. The number of carbonyl (C=O) groups is 2. The number of nitrogens with zero attached hydrogens (tertiary/aromatic N) is 2. The molecule has 1 aliphatic rings. The van der Waals surface area contributed by atoms with Crippen molar-refractivity contribution in [3.8, 4) is 11.5 Å². The molecule has 1 amide bonds. The Kier molecular flexibility index (Phi) is 6.53. The number of aromatic nitrogens is 1. The topological polar surface area (TPSA) is 100.0 Å². The van der Waals surface area contributed by atoms with E-state index in [1.807, 2.05) is 0 Å². The first-order valence-electron chi connectivity index (χ1n) is 8.94. The van der Waals surface area contributed by atoms with Crippen LogP contribution in [0.2, 0.25) is 0 Å². The Morgan fingerprint density at radius 1 is 1.43 bits per heavy atom. The highest BCUT2D eigenvalue weighted by molar-refractivity contribution is 7.99. The van der Waals surface area contributed by atoms with Crippen LogP contribution in [0.3, 0.4) is 0 Å². The molecule has 0 bridgehead atoms. The second kappa shape index (κ2) is 9.07. The van der Waals surface area contributed by atoms with Crippen molar-refractivity contribution in [3.63, 3.8) is 0 Å². The van der Waals surface area contributed by atoms with Crippen LogP contribution in [0.4, 0.5) is 0 Å². The third-order valence-electron chi connectivity index (χ3n) is 4.55. The largest absolute Gasteiger partial charge is 0.507 e. The Morgan fingerprint density at radius 3 is 3.00 bits per heavy atom. The molecule has 1 aromatic heterocycles. The molecular formula is C20H22N2O5S. The van der Waals surface area contributed by atoms with Crippen LogP contribution in [-0.2, 0) is 0 Å². The first-order chi connectivity index (χ1) is 13.5. The van der Waals surface area contributed by atoms with Gasteiger partial charge in [0, 0.05) is 24.2 Å². The Bertz CT molecular complexity index is 858. The summed E-state index contributed by atoms with van der Waals surface area (Å²) in [4.78, 5) is 30.2. The van der Waals surface area contributed by atoms with Crippen molar-refractivity contribution in [2.45, 2.75) is 19.1 Å². The molecule has 0 radical (unpaired) electrons. The fraction of sp³-hybridized carbons (Fsp3) is 0.350. The molecule has 28 heavy (non-hydrogen) atoms. The van der Waals surface area contributed by atoms with Crippen molar-refractivity contribution >= 4 is 24.0 Å². The maximum Gasteiger partial charge on any atom is 0.256 e. The molecule has 1 fully saturated rings. The number of aldehydes is 1. The molecule has 0 saturated carbocycles. The third kappa shape index (κ3) is 4.28. The number of aliphatic hydroxyl groups excluding tert-OH is 1. The predicted octanol–water partition coefficient (Wildman–Crippen LogP) is 2.29. The van der Waals surface area contributed by atoms with Gasteiger partial charge in [-0.05, 0) is 31.2 Å². The monoisotopic (exact) mass is 402 g/mol. The fourth-order valence-corrected chi connectivity index (χ4v) is 4.15. The Hall–Kier alpha value is -2.58. The molecule has 1 aromatic carbocycles. The van der Waals surface area contributed by atoms with Gasteiger partial charge in [-0.2, -0.15) is 11.8 Å². The smallest absolute Gasteiger partial charge is 0.256 e. The maximum atomic E-state index is 13.1. The van der Waals surface area contributed by atoms with Gasteiger partial charge in [0.25, 0.3) is 5.91 Å². The van der Waals surface area contributed by atoms with Gasteiger partial charge >= 0.3 is 0 Å². The standard InChI is InChI=1S/C20H22N2O5S/c1-13(24)19-15(4-3-7-21-19)20(26)22-8-9-28-12-14(22)11-27-18-6-2-5-17(25)16(18)10-23/h2-7,10,13-14,24-25H,8-9,11-12H2,1H3/t13-,14-/m1/s1. The molecule has 3 rings (SSSR count). The summed E-state index contributed by atoms with van der Waals surface area (Å²) >= 11 is 1.72. The van der Waals surface area contributed by atoms with Gasteiger partial charge in [0.1, 0.15) is 18.1 Å². The van der Waals surface area contributed by atoms with Crippen LogP contribution in [0.25, 0.3) is 0 Å². The number of pyridine rings is 1. The minimum absolute atomic E-state index is 0.0903. The van der Waals surface area contributed by atoms with Crippen molar-refractivity contribution in [2.24, 2.45) is 0 Å². The van der Waals surface area contributed by atoms with Gasteiger partial charge in [-0.1, -0.05) is 6.07 Å². The first kappa shape index (κ1) is 20.2. The summed E-state index contributed by atoms with van der Waals surface area (Å²) in [5, 5.41) is 19.7. The molecule has 0 unspecified atom stereocenters. The van der Waals surface area contributed by atoms with Crippen LogP contribution in [0.5, 0.6) is 11.5 Å². The normalized spacial score (nSPS) is 17.8. The zero-order valence-electron chi connectivity index (χ0n) is 15.4. The molecule has 1 saturated heterocycles. The average molecular weight is 402 g/mol. The Balaban J connectivity index is 1.79. The molecule has 2 heterocycles. The zero-order valence-corrected chi connectivity index (χ0v) is 16.3. The number of amides is 1. The van der Waals surface area contributed by atoms with Crippen LogP contribution in [0.15, 0.2) is 36.5 Å². The molecule has 1 aliphatic heterocycles.